The second kappa shape index (κ2) is 4.78. The predicted octanol–water partition coefficient (Wildman–Crippen LogP) is 4.22. The molecule has 0 spiro atoms. The first-order valence-electron chi connectivity index (χ1n) is 5.94. The molecule has 18 heavy (non-hydrogen) atoms. The number of anilines is 1. The van der Waals surface area contributed by atoms with E-state index >= 15 is 0 Å². The Morgan fingerprint density at radius 2 is 2.11 bits per heavy atom. The van der Waals surface area contributed by atoms with Gasteiger partial charge in [0.15, 0.2) is 0 Å². The zero-order valence-electron chi connectivity index (χ0n) is 10.2. The zero-order chi connectivity index (χ0) is 12.4. The lowest BCUT2D eigenvalue weighted by atomic mass is 10.2. The Hall–Kier alpha value is -1.87. The lowest BCUT2D eigenvalue weighted by Crippen LogP contribution is -1.99. The molecule has 2 aromatic heterocycles. The molecule has 0 aliphatic rings. The van der Waals surface area contributed by atoms with Gasteiger partial charge in [-0.25, -0.2) is 0 Å². The van der Waals surface area contributed by atoms with Gasteiger partial charge < -0.3 is 5.32 Å². The summed E-state index contributed by atoms with van der Waals surface area (Å²) < 4.78 is 0. The number of rotatable bonds is 3. The number of nitrogens with zero attached hydrogens (tertiary/aromatic N) is 1. The molecular weight excluding hydrogens is 240 g/mol. The number of nitrogens with one attached hydrogen (secondary N) is 1. The first kappa shape index (κ1) is 11.2. The number of para-hydroxylation sites is 1. The van der Waals surface area contributed by atoms with Crippen LogP contribution in [0.2, 0.25) is 0 Å². The SMILES string of the molecule is Cc1ccsc1CNc1cnc2ccccc2c1. The molecule has 0 unspecified atom stereocenters. The van der Waals surface area contributed by atoms with Crippen molar-refractivity contribution in [2.24, 2.45) is 0 Å². The average molecular weight is 254 g/mol. The molecule has 2 heterocycles. The van der Waals surface area contributed by atoms with Gasteiger partial charge in [0.25, 0.3) is 0 Å². The van der Waals surface area contributed by atoms with Crippen LogP contribution in [-0.4, -0.2) is 4.98 Å². The standard InChI is InChI=1S/C15H14N2S/c1-11-6-7-18-15(11)10-16-13-8-12-4-2-3-5-14(12)17-9-13/h2-9,16H,10H2,1H3. The van der Waals surface area contributed by atoms with Gasteiger partial charge in [-0.3, -0.25) is 4.98 Å². The van der Waals surface area contributed by atoms with Crippen molar-refractivity contribution in [2.75, 3.05) is 5.32 Å². The van der Waals surface area contributed by atoms with E-state index < -0.39 is 0 Å². The second-order valence-electron chi connectivity index (χ2n) is 4.30. The van der Waals surface area contributed by atoms with Crippen LogP contribution in [0.4, 0.5) is 5.69 Å². The summed E-state index contributed by atoms with van der Waals surface area (Å²) in [6.07, 6.45) is 1.89. The van der Waals surface area contributed by atoms with E-state index in [-0.39, 0.29) is 0 Å². The van der Waals surface area contributed by atoms with Gasteiger partial charge in [0.2, 0.25) is 0 Å². The maximum Gasteiger partial charge on any atom is 0.0703 e. The molecule has 0 aliphatic carbocycles. The molecule has 3 rings (SSSR count). The molecular formula is C15H14N2S. The third-order valence-corrected chi connectivity index (χ3v) is 4.03. The van der Waals surface area contributed by atoms with Gasteiger partial charge in [-0.1, -0.05) is 18.2 Å². The minimum atomic E-state index is 0.865. The number of hydrogen-bond donors (Lipinski definition) is 1. The third-order valence-electron chi connectivity index (χ3n) is 3.01. The Labute approximate surface area is 110 Å². The van der Waals surface area contributed by atoms with Crippen LogP contribution in [0.25, 0.3) is 10.9 Å². The first-order valence-corrected chi connectivity index (χ1v) is 6.82. The van der Waals surface area contributed by atoms with Crippen molar-refractivity contribution in [3.8, 4) is 0 Å². The van der Waals surface area contributed by atoms with Crippen LogP contribution in [0.15, 0.2) is 48.0 Å². The van der Waals surface area contributed by atoms with E-state index in [4.69, 9.17) is 0 Å². The number of aromatic nitrogens is 1. The van der Waals surface area contributed by atoms with E-state index in [0.29, 0.717) is 0 Å². The highest BCUT2D eigenvalue weighted by molar-refractivity contribution is 7.10. The molecule has 0 atom stereocenters. The highest BCUT2D eigenvalue weighted by atomic mass is 32.1. The topological polar surface area (TPSA) is 24.9 Å². The summed E-state index contributed by atoms with van der Waals surface area (Å²) in [6.45, 7) is 3.01. The quantitative estimate of drug-likeness (QED) is 0.757. The third kappa shape index (κ3) is 2.22. The molecule has 1 aromatic carbocycles. The summed E-state index contributed by atoms with van der Waals surface area (Å²) >= 11 is 1.79. The fourth-order valence-corrected chi connectivity index (χ4v) is 2.78. The van der Waals surface area contributed by atoms with Gasteiger partial charge in [0, 0.05) is 16.8 Å². The minimum absolute atomic E-state index is 0.865. The van der Waals surface area contributed by atoms with Gasteiger partial charge in [0.05, 0.1) is 17.4 Å². The Kier molecular flexibility index (Phi) is 2.99. The molecule has 3 aromatic rings. The molecule has 0 saturated heterocycles. The highest BCUT2D eigenvalue weighted by Crippen LogP contribution is 2.19. The summed E-state index contributed by atoms with van der Waals surface area (Å²) in [5.74, 6) is 0. The van der Waals surface area contributed by atoms with Gasteiger partial charge in [-0.05, 0) is 36.1 Å². The van der Waals surface area contributed by atoms with E-state index in [1.807, 2.05) is 24.4 Å². The number of thiophene rings is 1. The second-order valence-corrected chi connectivity index (χ2v) is 5.30. The van der Waals surface area contributed by atoms with Crippen molar-refractivity contribution in [2.45, 2.75) is 13.5 Å². The molecule has 0 saturated carbocycles. The summed E-state index contributed by atoms with van der Waals surface area (Å²) in [4.78, 5) is 5.82. The van der Waals surface area contributed by atoms with Crippen molar-refractivity contribution in [3.63, 3.8) is 0 Å². The molecule has 0 bridgehead atoms. The van der Waals surface area contributed by atoms with E-state index in [1.165, 1.54) is 15.8 Å². The molecule has 3 heteroatoms. The Balaban J connectivity index is 1.81. The van der Waals surface area contributed by atoms with Crippen LogP contribution in [0.3, 0.4) is 0 Å². The van der Waals surface area contributed by atoms with E-state index in [2.05, 4.69) is 40.8 Å². The van der Waals surface area contributed by atoms with Crippen LogP contribution in [-0.2, 0) is 6.54 Å². The maximum absolute atomic E-state index is 4.44. The number of pyridine rings is 1. The summed E-state index contributed by atoms with van der Waals surface area (Å²) in [6, 6.07) is 12.5. The van der Waals surface area contributed by atoms with E-state index in [1.54, 1.807) is 11.3 Å². The smallest absolute Gasteiger partial charge is 0.0703 e. The predicted molar refractivity (Wildman–Crippen MR) is 78.1 cm³/mol. The van der Waals surface area contributed by atoms with Crippen LogP contribution in [0.1, 0.15) is 10.4 Å². The van der Waals surface area contributed by atoms with Crippen molar-refractivity contribution >= 4 is 27.9 Å². The van der Waals surface area contributed by atoms with Crippen LogP contribution in [0, 0.1) is 6.92 Å². The van der Waals surface area contributed by atoms with E-state index in [0.717, 1.165) is 17.7 Å². The van der Waals surface area contributed by atoms with Crippen molar-refractivity contribution in [1.82, 2.24) is 4.98 Å². The molecule has 90 valence electrons. The van der Waals surface area contributed by atoms with Gasteiger partial charge in [-0.2, -0.15) is 0 Å². The van der Waals surface area contributed by atoms with Crippen LogP contribution < -0.4 is 5.32 Å². The first-order chi connectivity index (χ1) is 8.83. The molecule has 0 aliphatic heterocycles. The molecule has 0 fully saturated rings. The zero-order valence-corrected chi connectivity index (χ0v) is 11.0. The van der Waals surface area contributed by atoms with Gasteiger partial charge in [-0.15, -0.1) is 11.3 Å². The largest absolute Gasteiger partial charge is 0.379 e. The lowest BCUT2D eigenvalue weighted by Gasteiger charge is -2.06. The summed E-state index contributed by atoms with van der Waals surface area (Å²) in [7, 11) is 0. The van der Waals surface area contributed by atoms with Crippen LogP contribution >= 0.6 is 11.3 Å². The summed E-state index contributed by atoms with van der Waals surface area (Å²) in [5, 5.41) is 6.73. The van der Waals surface area contributed by atoms with Crippen molar-refractivity contribution in [1.29, 1.82) is 0 Å². The Bertz CT molecular complexity index is 673. The fourth-order valence-electron chi connectivity index (χ4n) is 1.94. The Morgan fingerprint density at radius 1 is 1.22 bits per heavy atom. The van der Waals surface area contributed by atoms with Gasteiger partial charge in [0.1, 0.15) is 0 Å². The number of benzene rings is 1. The van der Waals surface area contributed by atoms with Gasteiger partial charge >= 0.3 is 0 Å². The summed E-state index contributed by atoms with van der Waals surface area (Å²) in [5.41, 5.74) is 3.46. The minimum Gasteiger partial charge on any atom is -0.379 e. The maximum atomic E-state index is 4.44. The van der Waals surface area contributed by atoms with Crippen molar-refractivity contribution < 1.29 is 0 Å². The number of hydrogen-bond acceptors (Lipinski definition) is 3. The molecule has 1 N–H and O–H groups in total. The monoisotopic (exact) mass is 254 g/mol. The number of fused-ring (bicyclic) bond motifs is 1. The highest BCUT2D eigenvalue weighted by Gasteiger charge is 2.00. The van der Waals surface area contributed by atoms with Crippen LogP contribution in [0.5, 0.6) is 0 Å². The Morgan fingerprint density at radius 3 is 2.94 bits per heavy atom. The average Bonchev–Trinajstić information content (AvgIpc) is 2.82. The number of aryl methyl sites for hydroxylation is 1. The fraction of sp³-hybridized carbons (Fsp3) is 0.133. The van der Waals surface area contributed by atoms with Crippen molar-refractivity contribution in [3.05, 3.63) is 58.4 Å². The lowest BCUT2D eigenvalue weighted by molar-refractivity contribution is 1.16. The normalized spacial score (nSPS) is 10.7. The van der Waals surface area contributed by atoms with E-state index in [9.17, 15) is 0 Å². The molecule has 2 nitrogen and oxygen atoms in total. The molecule has 0 radical (unpaired) electrons. The molecule has 0 amide bonds.